The van der Waals surface area contributed by atoms with E-state index in [2.05, 4.69) is 20.9 Å². The molecule has 144 valence electrons. The lowest BCUT2D eigenvalue weighted by atomic mass is 9.96. The molecule has 0 bridgehead atoms. The average molecular weight is 371 g/mol. The van der Waals surface area contributed by atoms with Crippen molar-refractivity contribution in [3.8, 4) is 17.2 Å². The Hall–Kier alpha value is -2.61. The Morgan fingerprint density at radius 2 is 2.19 bits per heavy atom. The molecule has 0 aliphatic carbocycles. The molecule has 3 heterocycles. The molecule has 2 aliphatic rings. The zero-order chi connectivity index (χ0) is 18.6. The number of hydrogen-bond donors (Lipinski definition) is 2. The molecule has 1 saturated heterocycles. The number of nitrogens with one attached hydrogen (secondary N) is 2. The molecule has 1 atom stereocenters. The number of piperidine rings is 1. The normalized spacial score (nSPS) is 18.9. The molecule has 2 N–H and O–H groups in total. The smallest absolute Gasteiger partial charge is 0.273 e. The molecular formula is C19H25N5O3. The van der Waals surface area contributed by atoms with Crippen molar-refractivity contribution in [3.63, 3.8) is 0 Å². The summed E-state index contributed by atoms with van der Waals surface area (Å²) in [6.07, 6.45) is 3.41. The van der Waals surface area contributed by atoms with Crippen LogP contribution >= 0.6 is 0 Å². The van der Waals surface area contributed by atoms with Gasteiger partial charge in [-0.3, -0.25) is 4.79 Å². The molecule has 1 amide bonds. The van der Waals surface area contributed by atoms with E-state index >= 15 is 0 Å². The first-order valence-corrected chi connectivity index (χ1v) is 9.53. The Morgan fingerprint density at radius 1 is 1.33 bits per heavy atom. The van der Waals surface area contributed by atoms with Gasteiger partial charge in [0, 0.05) is 12.6 Å². The number of carbonyl (C=O) groups excluding carboxylic acids is 1. The van der Waals surface area contributed by atoms with Gasteiger partial charge in [0.05, 0.1) is 11.4 Å². The van der Waals surface area contributed by atoms with Gasteiger partial charge in [-0.2, -0.15) is 0 Å². The van der Waals surface area contributed by atoms with E-state index in [-0.39, 0.29) is 5.91 Å². The number of aromatic nitrogens is 3. The third kappa shape index (κ3) is 3.90. The Balaban J connectivity index is 1.41. The lowest BCUT2D eigenvalue weighted by molar-refractivity contribution is 0.0945. The van der Waals surface area contributed by atoms with Crippen molar-refractivity contribution < 1.29 is 14.3 Å². The third-order valence-electron chi connectivity index (χ3n) is 5.12. The van der Waals surface area contributed by atoms with Gasteiger partial charge >= 0.3 is 0 Å². The fourth-order valence-corrected chi connectivity index (χ4v) is 3.59. The van der Waals surface area contributed by atoms with Crippen LogP contribution in [-0.2, 0) is 0 Å². The number of carbonyl (C=O) groups is 1. The lowest BCUT2D eigenvalue weighted by Gasteiger charge is -2.22. The fraction of sp³-hybridized carbons (Fsp3) is 0.526. The first-order chi connectivity index (χ1) is 13.2. The predicted octanol–water partition coefficient (Wildman–Crippen LogP) is 1.47. The molecule has 27 heavy (non-hydrogen) atoms. The highest BCUT2D eigenvalue weighted by atomic mass is 16.6. The van der Waals surface area contributed by atoms with Gasteiger partial charge in [0.25, 0.3) is 5.91 Å². The minimum atomic E-state index is -0.180. The van der Waals surface area contributed by atoms with Crippen LogP contribution in [0.4, 0.5) is 0 Å². The van der Waals surface area contributed by atoms with Crippen LogP contribution in [0, 0.1) is 12.8 Å². The first-order valence-electron chi connectivity index (χ1n) is 9.53. The summed E-state index contributed by atoms with van der Waals surface area (Å²) in [6, 6.07) is 5.59. The van der Waals surface area contributed by atoms with Gasteiger partial charge in [0.1, 0.15) is 13.2 Å². The summed E-state index contributed by atoms with van der Waals surface area (Å²) in [5.74, 6) is 1.85. The van der Waals surface area contributed by atoms with E-state index < -0.39 is 0 Å². The van der Waals surface area contributed by atoms with E-state index in [0.29, 0.717) is 42.8 Å². The quantitative estimate of drug-likeness (QED) is 0.827. The largest absolute Gasteiger partial charge is 0.486 e. The number of fused-ring (bicyclic) bond motifs is 1. The van der Waals surface area contributed by atoms with Gasteiger partial charge in [-0.05, 0) is 57.3 Å². The van der Waals surface area contributed by atoms with Crippen molar-refractivity contribution >= 4 is 5.91 Å². The van der Waals surface area contributed by atoms with E-state index in [1.54, 1.807) is 4.68 Å². The van der Waals surface area contributed by atoms with Gasteiger partial charge in [-0.15, -0.1) is 5.10 Å². The van der Waals surface area contributed by atoms with Crippen LogP contribution in [0.2, 0.25) is 0 Å². The molecule has 0 saturated carbocycles. The van der Waals surface area contributed by atoms with E-state index in [1.165, 1.54) is 12.8 Å². The summed E-state index contributed by atoms with van der Waals surface area (Å²) in [4.78, 5) is 12.5. The van der Waals surface area contributed by atoms with Crippen LogP contribution in [0.25, 0.3) is 5.69 Å². The van der Waals surface area contributed by atoms with Crippen molar-refractivity contribution in [2.24, 2.45) is 5.92 Å². The summed E-state index contributed by atoms with van der Waals surface area (Å²) in [5, 5.41) is 14.6. The summed E-state index contributed by atoms with van der Waals surface area (Å²) in [5.41, 5.74) is 1.84. The van der Waals surface area contributed by atoms with Crippen LogP contribution in [0.3, 0.4) is 0 Å². The minimum absolute atomic E-state index is 0.180. The lowest BCUT2D eigenvalue weighted by Crippen LogP contribution is -2.33. The molecule has 8 nitrogen and oxygen atoms in total. The molecule has 1 unspecified atom stereocenters. The fourth-order valence-electron chi connectivity index (χ4n) is 3.59. The molecular weight excluding hydrogens is 346 g/mol. The van der Waals surface area contributed by atoms with E-state index in [4.69, 9.17) is 9.47 Å². The Labute approximate surface area is 158 Å². The number of hydrogen-bond acceptors (Lipinski definition) is 6. The number of nitrogens with zero attached hydrogens (tertiary/aromatic N) is 3. The van der Waals surface area contributed by atoms with Crippen LogP contribution < -0.4 is 20.1 Å². The molecule has 1 fully saturated rings. The van der Waals surface area contributed by atoms with Gasteiger partial charge in [-0.1, -0.05) is 5.21 Å². The van der Waals surface area contributed by atoms with Gasteiger partial charge in [0.2, 0.25) is 0 Å². The van der Waals surface area contributed by atoms with Crippen molar-refractivity contribution in [2.75, 3.05) is 32.8 Å². The Bertz CT molecular complexity index is 814. The van der Waals surface area contributed by atoms with Crippen molar-refractivity contribution in [2.45, 2.75) is 26.2 Å². The second-order valence-corrected chi connectivity index (χ2v) is 7.02. The molecule has 1 aromatic heterocycles. The molecule has 2 aliphatic heterocycles. The van der Waals surface area contributed by atoms with Gasteiger partial charge in [-0.25, -0.2) is 4.68 Å². The maximum atomic E-state index is 12.5. The van der Waals surface area contributed by atoms with Gasteiger partial charge in [0.15, 0.2) is 17.2 Å². The number of amides is 1. The minimum Gasteiger partial charge on any atom is -0.486 e. The maximum Gasteiger partial charge on any atom is 0.273 e. The Morgan fingerprint density at radius 3 is 3.00 bits per heavy atom. The second kappa shape index (κ2) is 7.96. The molecule has 1 aromatic carbocycles. The zero-order valence-corrected chi connectivity index (χ0v) is 15.5. The molecule has 2 aromatic rings. The van der Waals surface area contributed by atoms with Crippen LogP contribution in [0.15, 0.2) is 18.2 Å². The summed E-state index contributed by atoms with van der Waals surface area (Å²) in [6.45, 7) is 5.71. The first kappa shape index (κ1) is 17.8. The third-order valence-corrected chi connectivity index (χ3v) is 5.12. The number of ether oxygens (including phenoxy) is 2. The number of benzene rings is 1. The van der Waals surface area contributed by atoms with Crippen molar-refractivity contribution in [3.05, 3.63) is 29.6 Å². The highest BCUT2D eigenvalue weighted by molar-refractivity contribution is 5.93. The summed E-state index contributed by atoms with van der Waals surface area (Å²) >= 11 is 0. The van der Waals surface area contributed by atoms with Gasteiger partial charge < -0.3 is 20.1 Å². The highest BCUT2D eigenvalue weighted by Crippen LogP contribution is 2.32. The van der Waals surface area contributed by atoms with Crippen molar-refractivity contribution in [1.82, 2.24) is 25.6 Å². The second-order valence-electron chi connectivity index (χ2n) is 7.02. The van der Waals surface area contributed by atoms with Crippen LogP contribution in [-0.4, -0.2) is 53.7 Å². The monoisotopic (exact) mass is 371 g/mol. The Kier molecular flexibility index (Phi) is 5.24. The standard InChI is InChI=1S/C19H25N5O3/c1-13-18(19(25)21-8-6-14-3-2-7-20-12-14)22-23-24(13)15-4-5-16-17(11-15)27-10-9-26-16/h4-5,11,14,20H,2-3,6-10,12H2,1H3,(H,21,25). The molecule has 4 rings (SSSR count). The SMILES string of the molecule is Cc1c(C(=O)NCCC2CCCNC2)nnn1-c1ccc2c(c1)OCCO2. The summed E-state index contributed by atoms with van der Waals surface area (Å²) < 4.78 is 12.8. The van der Waals surface area contributed by atoms with Crippen molar-refractivity contribution in [1.29, 1.82) is 0 Å². The zero-order valence-electron chi connectivity index (χ0n) is 15.5. The topological polar surface area (TPSA) is 90.3 Å². The molecule has 8 heteroatoms. The molecule has 0 radical (unpaired) electrons. The van der Waals surface area contributed by atoms with E-state index in [1.807, 2.05) is 25.1 Å². The maximum absolute atomic E-state index is 12.5. The molecule has 0 spiro atoms. The van der Waals surface area contributed by atoms with Crippen LogP contribution in [0.5, 0.6) is 11.5 Å². The van der Waals surface area contributed by atoms with E-state index in [9.17, 15) is 4.79 Å². The predicted molar refractivity (Wildman–Crippen MR) is 99.6 cm³/mol. The van der Waals surface area contributed by atoms with E-state index in [0.717, 1.165) is 30.9 Å². The summed E-state index contributed by atoms with van der Waals surface area (Å²) in [7, 11) is 0. The highest BCUT2D eigenvalue weighted by Gasteiger charge is 2.20. The number of rotatable bonds is 5. The average Bonchev–Trinajstić information content (AvgIpc) is 3.10. The van der Waals surface area contributed by atoms with Crippen LogP contribution in [0.1, 0.15) is 35.4 Å².